The van der Waals surface area contributed by atoms with E-state index in [1.165, 1.54) is 6.07 Å². The average Bonchev–Trinajstić information content (AvgIpc) is 2.48. The van der Waals surface area contributed by atoms with Crippen LogP contribution in [0.2, 0.25) is 0 Å². The number of phenols is 1. The molecule has 0 spiro atoms. The van der Waals surface area contributed by atoms with Gasteiger partial charge < -0.3 is 5.11 Å². The standard InChI is InChI=1S/C10H7N3O7S2/c14-10-5-8(22(18,19)20)4-6-3-7(1-2-9(6)10)21(11-15,12-16)13-17/h1-5,14H,(H,18,19,20). The molecule has 0 bridgehead atoms. The molecular weight excluding hydrogens is 338 g/mol. The van der Waals surface area contributed by atoms with Gasteiger partial charge in [-0.1, -0.05) is 0 Å². The molecule has 0 heterocycles. The quantitative estimate of drug-likeness (QED) is 0.621. The Morgan fingerprint density at radius 1 is 0.864 bits per heavy atom. The molecule has 2 N–H and O–H groups in total. The number of benzene rings is 2. The summed E-state index contributed by atoms with van der Waals surface area (Å²) < 4.78 is 38.4. The van der Waals surface area contributed by atoms with Crippen molar-refractivity contribution in [3.8, 4) is 5.75 Å². The Hall–Kier alpha value is -2.44. The molecule has 2 aromatic rings. The molecule has 2 rings (SSSR count). The third kappa shape index (κ3) is 2.54. The van der Waals surface area contributed by atoms with Gasteiger partial charge in [-0.15, -0.1) is 14.7 Å². The fourth-order valence-electron chi connectivity index (χ4n) is 1.79. The van der Waals surface area contributed by atoms with Crippen LogP contribution < -0.4 is 0 Å². The summed E-state index contributed by atoms with van der Waals surface area (Å²) in [5.74, 6) is -0.463. The van der Waals surface area contributed by atoms with Crippen LogP contribution in [0.15, 0.2) is 53.9 Å². The van der Waals surface area contributed by atoms with E-state index in [1.54, 1.807) is 0 Å². The molecule has 2 aromatic carbocycles. The summed E-state index contributed by atoms with van der Waals surface area (Å²) in [5.41, 5.74) is 0. The Morgan fingerprint density at radius 3 is 1.91 bits per heavy atom. The van der Waals surface area contributed by atoms with Crippen molar-refractivity contribution in [3.05, 3.63) is 45.1 Å². The highest BCUT2D eigenvalue weighted by Gasteiger charge is 2.31. The van der Waals surface area contributed by atoms with E-state index in [1.807, 2.05) is 0 Å². The van der Waals surface area contributed by atoms with Gasteiger partial charge in [-0.05, 0) is 29.7 Å². The van der Waals surface area contributed by atoms with Gasteiger partial charge in [-0.2, -0.15) is 8.42 Å². The summed E-state index contributed by atoms with van der Waals surface area (Å²) in [5, 5.41) is 9.96. The Balaban J connectivity index is 2.81. The fraction of sp³-hybridized carbons (Fsp3) is 0. The van der Waals surface area contributed by atoms with Crippen molar-refractivity contribution in [2.75, 3.05) is 0 Å². The van der Waals surface area contributed by atoms with E-state index in [0.717, 1.165) is 24.3 Å². The van der Waals surface area contributed by atoms with Crippen molar-refractivity contribution in [1.29, 1.82) is 0 Å². The lowest BCUT2D eigenvalue weighted by atomic mass is 10.1. The van der Waals surface area contributed by atoms with Crippen molar-refractivity contribution in [1.82, 2.24) is 0 Å². The third-order valence-corrected chi connectivity index (χ3v) is 5.14. The first kappa shape index (κ1) is 15.9. The van der Waals surface area contributed by atoms with Gasteiger partial charge in [-0.25, -0.2) is 0 Å². The van der Waals surface area contributed by atoms with E-state index >= 15 is 0 Å². The lowest BCUT2D eigenvalue weighted by Crippen LogP contribution is -1.98. The molecule has 0 atom stereocenters. The molecule has 0 amide bonds. The van der Waals surface area contributed by atoms with Gasteiger partial charge in [0.15, 0.2) is 10.6 Å². The lowest BCUT2D eigenvalue weighted by molar-refractivity contribution is 0.471. The Labute approximate surface area is 124 Å². The van der Waals surface area contributed by atoms with Crippen LogP contribution in [0.25, 0.3) is 10.8 Å². The second-order valence-electron chi connectivity index (χ2n) is 4.04. The fourth-order valence-corrected chi connectivity index (χ4v) is 3.20. The molecule has 0 aliphatic carbocycles. The zero-order valence-corrected chi connectivity index (χ0v) is 12.1. The zero-order valence-electron chi connectivity index (χ0n) is 10.5. The molecule has 0 fully saturated rings. The maximum atomic E-state index is 11.1. The highest BCUT2D eigenvalue weighted by Crippen LogP contribution is 2.60. The van der Waals surface area contributed by atoms with Gasteiger partial charge in [0.2, 0.25) is 0 Å². The minimum atomic E-state index is -4.59. The van der Waals surface area contributed by atoms with Crippen LogP contribution >= 0.6 is 10.6 Å². The van der Waals surface area contributed by atoms with E-state index < -0.39 is 31.3 Å². The van der Waals surface area contributed by atoms with Crippen molar-refractivity contribution < 1.29 is 18.1 Å². The van der Waals surface area contributed by atoms with Gasteiger partial charge in [0.1, 0.15) is 5.75 Å². The van der Waals surface area contributed by atoms with Gasteiger partial charge in [0, 0.05) is 25.2 Å². The topological polar surface area (TPSA) is 163 Å². The summed E-state index contributed by atoms with van der Waals surface area (Å²) in [6.07, 6.45) is 0. The summed E-state index contributed by atoms with van der Waals surface area (Å²) in [7, 11) is -8.32. The molecule has 0 aliphatic rings. The minimum absolute atomic E-state index is 0.0398. The predicted octanol–water partition coefficient (Wildman–Crippen LogP) is 3.00. The van der Waals surface area contributed by atoms with Crippen LogP contribution in [0.5, 0.6) is 5.75 Å². The van der Waals surface area contributed by atoms with Crippen LogP contribution in [-0.2, 0) is 10.1 Å². The second kappa shape index (κ2) is 5.40. The number of fused-ring (bicyclic) bond motifs is 1. The number of aromatic hydroxyl groups is 1. The number of rotatable bonds is 5. The number of nitroso groups, excluding NO2 is 3. The number of phenolic OH excluding ortho intramolecular Hbond substituents is 1. The highest BCUT2D eigenvalue weighted by atomic mass is 32.3. The van der Waals surface area contributed by atoms with Crippen LogP contribution in [-0.4, -0.2) is 18.1 Å². The van der Waals surface area contributed by atoms with Crippen LogP contribution in [0.1, 0.15) is 0 Å². The molecule has 116 valence electrons. The van der Waals surface area contributed by atoms with E-state index in [2.05, 4.69) is 13.7 Å². The molecule has 0 aliphatic heterocycles. The molecule has 10 nitrogen and oxygen atoms in total. The first-order valence-corrected chi connectivity index (χ1v) is 8.33. The highest BCUT2D eigenvalue weighted by molar-refractivity contribution is 8.30. The average molecular weight is 345 g/mol. The van der Waals surface area contributed by atoms with Gasteiger partial charge in [-0.3, -0.25) is 4.55 Å². The van der Waals surface area contributed by atoms with Crippen molar-refractivity contribution >= 4 is 31.5 Å². The van der Waals surface area contributed by atoms with E-state index in [9.17, 15) is 28.2 Å². The Kier molecular flexibility index (Phi) is 3.91. The smallest absolute Gasteiger partial charge is 0.294 e. The molecule has 0 aromatic heterocycles. The zero-order chi connectivity index (χ0) is 16.5. The van der Waals surface area contributed by atoms with Crippen LogP contribution in [0, 0.1) is 14.7 Å². The first-order chi connectivity index (χ1) is 10.3. The normalized spacial score (nSPS) is 12.8. The Morgan fingerprint density at radius 2 is 1.41 bits per heavy atom. The van der Waals surface area contributed by atoms with Gasteiger partial charge in [0.05, 0.1) is 9.79 Å². The van der Waals surface area contributed by atoms with Crippen molar-refractivity contribution in [3.63, 3.8) is 0 Å². The lowest BCUT2D eigenvalue weighted by Gasteiger charge is -2.14. The molecule has 0 saturated carbocycles. The monoisotopic (exact) mass is 345 g/mol. The van der Waals surface area contributed by atoms with Crippen LogP contribution in [0.4, 0.5) is 0 Å². The van der Waals surface area contributed by atoms with E-state index in [0.29, 0.717) is 0 Å². The molecule has 12 heteroatoms. The molecular formula is C10H7N3O7S2. The van der Waals surface area contributed by atoms with Crippen molar-refractivity contribution in [2.45, 2.75) is 9.79 Å². The second-order valence-corrected chi connectivity index (χ2v) is 7.42. The third-order valence-electron chi connectivity index (χ3n) is 2.80. The van der Waals surface area contributed by atoms with Crippen LogP contribution in [0.3, 0.4) is 0 Å². The molecule has 22 heavy (non-hydrogen) atoms. The SMILES string of the molecule is O=NS(N=O)(N=O)c1ccc2c(O)cc(S(=O)(=O)O)cc2c1. The van der Waals surface area contributed by atoms with Gasteiger partial charge in [0.25, 0.3) is 10.1 Å². The Bertz CT molecular complexity index is 875. The summed E-state index contributed by atoms with van der Waals surface area (Å²) in [6, 6.07) is 5.26. The van der Waals surface area contributed by atoms with Gasteiger partial charge >= 0.3 is 0 Å². The number of hydrogen-bond acceptors (Lipinski definition) is 9. The maximum absolute atomic E-state index is 11.1. The maximum Gasteiger partial charge on any atom is 0.294 e. The van der Waals surface area contributed by atoms with Crippen molar-refractivity contribution in [2.24, 2.45) is 13.7 Å². The first-order valence-electron chi connectivity index (χ1n) is 5.39. The summed E-state index contributed by atoms with van der Waals surface area (Å²) >= 11 is 0. The van der Waals surface area contributed by atoms with E-state index in [-0.39, 0.29) is 15.7 Å². The summed E-state index contributed by atoms with van der Waals surface area (Å²) in [6.45, 7) is 0. The molecule has 0 radical (unpaired) electrons. The van der Waals surface area contributed by atoms with E-state index in [4.69, 9.17) is 4.55 Å². The number of hydrogen-bond donors (Lipinski definition) is 2. The predicted molar refractivity (Wildman–Crippen MR) is 78.7 cm³/mol. The largest absolute Gasteiger partial charge is 0.507 e. The molecule has 0 unspecified atom stereocenters. The summed E-state index contributed by atoms with van der Waals surface area (Å²) in [4.78, 5) is 31.4. The molecule has 0 saturated heterocycles. The minimum Gasteiger partial charge on any atom is -0.507 e. The number of nitrogens with zero attached hydrogens (tertiary/aromatic N) is 3.